The number of nitrogens with zero attached hydrogens (tertiary/aromatic N) is 1. The molecule has 2 rings (SSSR count). The van der Waals surface area contributed by atoms with Gasteiger partial charge in [-0.15, -0.1) is 5.73 Å². The first-order valence-electron chi connectivity index (χ1n) is 6.97. The molecule has 0 radical (unpaired) electrons. The molecule has 0 aliphatic heterocycles. The molecule has 144 valence electrons. The molecule has 0 aliphatic carbocycles. The first-order valence-corrected chi connectivity index (χ1v) is 9.08. The summed E-state index contributed by atoms with van der Waals surface area (Å²) in [6.45, 7) is 5.68. The smallest absolute Gasteiger partial charge is 0.508 e. The third-order valence-electron chi connectivity index (χ3n) is 2.50. The average molecular weight is 454 g/mol. The van der Waals surface area contributed by atoms with Gasteiger partial charge in [-0.3, -0.25) is 0 Å². The number of halogens is 2. The largest absolute Gasteiger partial charge is 1.00 e. The number of hydrogen-bond acceptors (Lipinski definition) is 5. The Morgan fingerprint density at radius 2 is 1.64 bits per heavy atom. The number of aromatic hydroxyl groups is 1. The minimum atomic E-state index is -2.16. The van der Waals surface area contributed by atoms with Crippen LogP contribution in [-0.4, -0.2) is 13.5 Å². The fourth-order valence-electron chi connectivity index (χ4n) is 1.49. The Balaban J connectivity index is 0.00000133. The van der Waals surface area contributed by atoms with Gasteiger partial charge in [0, 0.05) is 0 Å². The topological polar surface area (TPSA) is 86.9 Å². The predicted molar refractivity (Wildman–Crippen MR) is 99.1 cm³/mol. The number of phenols is 1. The van der Waals surface area contributed by atoms with Crippen LogP contribution in [0.2, 0.25) is 0 Å². The molecule has 0 heterocycles. The van der Waals surface area contributed by atoms with Crippen molar-refractivity contribution in [3.8, 4) is 11.5 Å². The molecule has 0 saturated carbocycles. The van der Waals surface area contributed by atoms with Crippen LogP contribution in [-0.2, 0) is 26.6 Å². The predicted octanol–water partition coefficient (Wildman–Crippen LogP) is 1.58. The van der Waals surface area contributed by atoms with E-state index in [1.807, 2.05) is 0 Å². The molecule has 2 aromatic rings. The summed E-state index contributed by atoms with van der Waals surface area (Å²) in [7, 11) is 0. The van der Waals surface area contributed by atoms with Crippen LogP contribution < -0.4 is 55.6 Å². The Hall–Kier alpha value is -0.984. The molecule has 6 nitrogen and oxygen atoms in total. The summed E-state index contributed by atoms with van der Waals surface area (Å²) in [5.41, 5.74) is 3.49. The average Bonchev–Trinajstić information content (AvgIpc) is 2.62. The zero-order valence-electron chi connectivity index (χ0n) is 14.7. The Bertz CT molecular complexity index is 853. The maximum absolute atomic E-state index is 11.7. The van der Waals surface area contributed by atoms with E-state index in [-0.39, 0.29) is 62.0 Å². The Labute approximate surface area is 208 Å². The molecular formula is C17H14F2KNO5S2. The quantitative estimate of drug-likeness (QED) is 0.391. The normalized spacial score (nSPS) is 11.5. The molecule has 0 aliphatic rings. The second kappa shape index (κ2) is 14.9. The molecule has 1 N–H and O–H groups in total. The number of hydrogen-bond donors (Lipinski definition) is 1. The third kappa shape index (κ3) is 11.8. The van der Waals surface area contributed by atoms with Gasteiger partial charge in [0.25, 0.3) is 6.08 Å². The van der Waals surface area contributed by atoms with E-state index in [9.17, 15) is 17.2 Å². The van der Waals surface area contributed by atoms with Crippen LogP contribution in [0.4, 0.5) is 8.78 Å². The molecule has 0 aromatic heterocycles. The summed E-state index contributed by atoms with van der Waals surface area (Å²) in [6, 6.07) is 12.1. The number of phenolic OH excluding ortho intramolecular Hbond substituents is 1. The SMILES string of the molecule is C=C(F)F.C=C=Cc1ccc(OS(=O)[N-]OS(=O)c2ccc(O)cc2)cc1.[K+]. The van der Waals surface area contributed by atoms with Crippen LogP contribution in [0.5, 0.6) is 11.5 Å². The Morgan fingerprint density at radius 1 is 1.11 bits per heavy atom. The van der Waals surface area contributed by atoms with Gasteiger partial charge in [0.1, 0.15) is 22.8 Å². The van der Waals surface area contributed by atoms with Gasteiger partial charge in [0.15, 0.2) is 11.1 Å². The van der Waals surface area contributed by atoms with E-state index in [0.717, 1.165) is 5.56 Å². The van der Waals surface area contributed by atoms with E-state index in [4.69, 9.17) is 9.29 Å². The number of benzene rings is 2. The van der Waals surface area contributed by atoms with Crippen LogP contribution in [0, 0.1) is 0 Å². The molecule has 11 heteroatoms. The van der Waals surface area contributed by atoms with Gasteiger partial charge in [0.05, 0.1) is 4.90 Å². The second-order valence-corrected chi connectivity index (χ2v) is 6.27. The summed E-state index contributed by atoms with van der Waals surface area (Å²) < 4.78 is 53.3. The molecule has 2 unspecified atom stereocenters. The molecule has 0 bridgehead atoms. The van der Waals surface area contributed by atoms with Crippen molar-refractivity contribution in [2.24, 2.45) is 0 Å². The van der Waals surface area contributed by atoms with Crippen molar-refractivity contribution in [2.45, 2.75) is 4.90 Å². The molecule has 0 saturated heterocycles. The summed E-state index contributed by atoms with van der Waals surface area (Å²) in [5, 5.41) is 9.13. The third-order valence-corrected chi connectivity index (χ3v) is 4.00. The molecule has 0 fully saturated rings. The van der Waals surface area contributed by atoms with Crippen LogP contribution in [0.1, 0.15) is 5.56 Å². The zero-order chi connectivity index (χ0) is 20.2. The second-order valence-electron chi connectivity index (χ2n) is 4.43. The minimum Gasteiger partial charge on any atom is -0.508 e. The van der Waals surface area contributed by atoms with E-state index < -0.39 is 28.4 Å². The van der Waals surface area contributed by atoms with Gasteiger partial charge < -0.3 is 18.5 Å². The minimum absolute atomic E-state index is 0. The van der Waals surface area contributed by atoms with Gasteiger partial charge in [-0.1, -0.05) is 18.7 Å². The molecule has 28 heavy (non-hydrogen) atoms. The molecule has 2 aromatic carbocycles. The van der Waals surface area contributed by atoms with E-state index in [0.29, 0.717) is 5.75 Å². The Kier molecular flexibility index (Phi) is 14.4. The number of rotatable bonds is 7. The zero-order valence-corrected chi connectivity index (χ0v) is 19.5. The molecular weight excluding hydrogens is 439 g/mol. The first kappa shape index (κ1) is 27.0. The molecule has 0 spiro atoms. The summed E-state index contributed by atoms with van der Waals surface area (Å²) in [4.78, 5) is 3.50. The summed E-state index contributed by atoms with van der Waals surface area (Å²) >= 11 is -4.11. The standard InChI is InChI=1S/C15H12NO5S2.C2H2F2.K/c1-2-3-12-4-8-14(9-5-12)20-23(19)16-21-22(18)15-10-6-13(17)7-11-15;1-2(3)4;/h3-11,17H,1H2;1H2;/q-1;;+1. The van der Waals surface area contributed by atoms with E-state index in [2.05, 4.69) is 28.1 Å². The van der Waals surface area contributed by atoms with Crippen LogP contribution in [0.15, 0.2) is 78.4 Å². The van der Waals surface area contributed by atoms with Crippen molar-refractivity contribution >= 4 is 28.4 Å². The van der Waals surface area contributed by atoms with Crippen molar-refractivity contribution in [2.75, 3.05) is 0 Å². The van der Waals surface area contributed by atoms with Crippen LogP contribution in [0.25, 0.3) is 11.0 Å². The van der Waals surface area contributed by atoms with Gasteiger partial charge >= 0.3 is 51.4 Å². The van der Waals surface area contributed by atoms with Crippen LogP contribution >= 0.6 is 0 Å². The van der Waals surface area contributed by atoms with Crippen molar-refractivity contribution in [3.05, 3.63) is 83.9 Å². The fourth-order valence-corrected chi connectivity index (χ4v) is 2.66. The van der Waals surface area contributed by atoms with Gasteiger partial charge in [-0.25, -0.2) is 8.42 Å². The van der Waals surface area contributed by atoms with Crippen molar-refractivity contribution in [1.29, 1.82) is 0 Å². The van der Waals surface area contributed by atoms with E-state index in [1.165, 1.54) is 24.3 Å². The summed E-state index contributed by atoms with van der Waals surface area (Å²) in [6.07, 6.45) is -0.158. The maximum atomic E-state index is 11.7. The van der Waals surface area contributed by atoms with Crippen molar-refractivity contribution in [3.63, 3.8) is 0 Å². The van der Waals surface area contributed by atoms with E-state index >= 15 is 0 Å². The molecule has 2 atom stereocenters. The molecule has 0 amide bonds. The monoisotopic (exact) mass is 453 g/mol. The van der Waals surface area contributed by atoms with Crippen molar-refractivity contribution < 1.29 is 82.2 Å². The van der Waals surface area contributed by atoms with E-state index in [1.54, 1.807) is 30.3 Å². The maximum Gasteiger partial charge on any atom is 1.00 e. The van der Waals surface area contributed by atoms with Gasteiger partial charge in [-0.2, -0.15) is 8.78 Å². The van der Waals surface area contributed by atoms with Gasteiger partial charge in [-0.05, 0) is 54.6 Å². The fraction of sp³-hybridized carbons (Fsp3) is 0. The van der Waals surface area contributed by atoms with Crippen LogP contribution in [0.3, 0.4) is 0 Å². The summed E-state index contributed by atoms with van der Waals surface area (Å²) in [5.74, 6) is 0.344. The first-order chi connectivity index (χ1) is 12.8. The van der Waals surface area contributed by atoms with Crippen molar-refractivity contribution in [1.82, 2.24) is 0 Å². The Morgan fingerprint density at radius 3 is 2.14 bits per heavy atom. The van der Waals surface area contributed by atoms with Gasteiger partial charge in [0.2, 0.25) is 0 Å².